The Balaban J connectivity index is 0.00000196. The summed E-state index contributed by atoms with van der Waals surface area (Å²) in [7, 11) is 0. The molecule has 1 aliphatic rings. The van der Waals surface area contributed by atoms with Gasteiger partial charge >= 0.3 is 0 Å². The van der Waals surface area contributed by atoms with E-state index < -0.39 is 0 Å². The molecule has 1 amide bonds. The monoisotopic (exact) mass is 197 g/mol. The number of nitrogens with one attached hydrogen (secondary N) is 1. The number of amides is 1. The van der Waals surface area contributed by atoms with E-state index >= 15 is 0 Å². The largest absolute Gasteiger partial charge is 0.356 e. The van der Waals surface area contributed by atoms with Gasteiger partial charge in [0.15, 0.2) is 0 Å². The third-order valence-electron chi connectivity index (χ3n) is 2.43. The maximum absolute atomic E-state index is 11.5. The highest BCUT2D eigenvalue weighted by atomic mass is 16.1. The van der Waals surface area contributed by atoms with Crippen LogP contribution in [0.15, 0.2) is 12.2 Å². The molecule has 14 heavy (non-hydrogen) atoms. The minimum atomic E-state index is 0. The smallest absolute Gasteiger partial charge is 0.220 e. The second-order valence-corrected chi connectivity index (χ2v) is 5.57. The summed E-state index contributed by atoms with van der Waals surface area (Å²) < 4.78 is 0. The highest BCUT2D eigenvalue weighted by Gasteiger charge is 2.22. The predicted molar refractivity (Wildman–Crippen MR) is 61.1 cm³/mol. The fourth-order valence-corrected chi connectivity index (χ4v) is 1.70. The van der Waals surface area contributed by atoms with Crippen molar-refractivity contribution >= 4 is 5.91 Å². The standard InChI is InChI=1S/C12H21NO.H2/c1-9-5-10(6-9)8-13-11(14)7-12(2,3)4;/h10H,1,5-8H2,2-4H3,(H,13,14);1H. The van der Waals surface area contributed by atoms with Crippen molar-refractivity contribution in [2.45, 2.75) is 40.0 Å². The number of hydrogen-bond donors (Lipinski definition) is 1. The summed E-state index contributed by atoms with van der Waals surface area (Å²) in [6, 6.07) is 0. The van der Waals surface area contributed by atoms with Gasteiger partial charge in [0, 0.05) is 14.4 Å². The molecule has 0 bridgehead atoms. The average Bonchev–Trinajstić information content (AvgIpc) is 1.92. The normalized spacial score (nSPS) is 17.8. The molecule has 0 aromatic carbocycles. The van der Waals surface area contributed by atoms with E-state index in [4.69, 9.17) is 0 Å². The molecular formula is C12H23NO. The maximum Gasteiger partial charge on any atom is 0.220 e. The molecule has 82 valence electrons. The highest BCUT2D eigenvalue weighted by Crippen LogP contribution is 2.30. The summed E-state index contributed by atoms with van der Waals surface area (Å²) in [6.45, 7) is 11.0. The minimum absolute atomic E-state index is 0. The van der Waals surface area contributed by atoms with E-state index in [-0.39, 0.29) is 12.7 Å². The Bertz CT molecular complexity index is 234. The van der Waals surface area contributed by atoms with Crippen LogP contribution in [0.4, 0.5) is 0 Å². The lowest BCUT2D eigenvalue weighted by molar-refractivity contribution is -0.123. The van der Waals surface area contributed by atoms with Crippen molar-refractivity contribution in [3.05, 3.63) is 12.2 Å². The summed E-state index contributed by atoms with van der Waals surface area (Å²) in [4.78, 5) is 11.5. The molecule has 1 rings (SSSR count). The lowest BCUT2D eigenvalue weighted by Crippen LogP contribution is -2.34. The van der Waals surface area contributed by atoms with Crippen LogP contribution in [-0.2, 0) is 4.79 Å². The summed E-state index contributed by atoms with van der Waals surface area (Å²) in [5, 5.41) is 2.98. The van der Waals surface area contributed by atoms with E-state index in [1.807, 2.05) is 0 Å². The van der Waals surface area contributed by atoms with Gasteiger partial charge in [0.2, 0.25) is 5.91 Å². The van der Waals surface area contributed by atoms with Gasteiger partial charge in [0.25, 0.3) is 0 Å². The molecule has 0 radical (unpaired) electrons. The van der Waals surface area contributed by atoms with Crippen LogP contribution in [0.3, 0.4) is 0 Å². The Morgan fingerprint density at radius 2 is 2.14 bits per heavy atom. The van der Waals surface area contributed by atoms with Gasteiger partial charge in [-0.3, -0.25) is 4.79 Å². The second kappa shape index (κ2) is 4.16. The molecule has 0 aromatic rings. The molecule has 1 N–H and O–H groups in total. The zero-order valence-electron chi connectivity index (χ0n) is 9.52. The number of allylic oxidation sites excluding steroid dienone is 1. The number of carbonyl (C=O) groups is 1. The topological polar surface area (TPSA) is 29.1 Å². The molecular weight excluding hydrogens is 174 g/mol. The van der Waals surface area contributed by atoms with Gasteiger partial charge in [-0.15, -0.1) is 0 Å². The van der Waals surface area contributed by atoms with Crippen LogP contribution < -0.4 is 5.32 Å². The van der Waals surface area contributed by atoms with Gasteiger partial charge in [-0.1, -0.05) is 32.9 Å². The first-order valence-electron chi connectivity index (χ1n) is 5.30. The maximum atomic E-state index is 11.5. The van der Waals surface area contributed by atoms with Crippen LogP contribution in [0.2, 0.25) is 0 Å². The first-order valence-corrected chi connectivity index (χ1v) is 5.30. The molecule has 0 heterocycles. The fourth-order valence-electron chi connectivity index (χ4n) is 1.70. The number of hydrogen-bond acceptors (Lipinski definition) is 1. The first-order chi connectivity index (χ1) is 6.37. The van der Waals surface area contributed by atoms with Crippen molar-refractivity contribution in [2.24, 2.45) is 11.3 Å². The van der Waals surface area contributed by atoms with Gasteiger partial charge < -0.3 is 5.32 Å². The Morgan fingerprint density at radius 3 is 2.57 bits per heavy atom. The van der Waals surface area contributed by atoms with E-state index in [1.165, 1.54) is 5.57 Å². The lowest BCUT2D eigenvalue weighted by Gasteiger charge is -2.28. The van der Waals surface area contributed by atoms with Crippen molar-refractivity contribution in [1.29, 1.82) is 0 Å². The fraction of sp³-hybridized carbons (Fsp3) is 0.750. The minimum Gasteiger partial charge on any atom is -0.356 e. The summed E-state index contributed by atoms with van der Waals surface area (Å²) in [5.41, 5.74) is 1.41. The van der Waals surface area contributed by atoms with Crippen LogP contribution in [0.1, 0.15) is 41.5 Å². The zero-order valence-corrected chi connectivity index (χ0v) is 9.52. The van der Waals surface area contributed by atoms with E-state index in [0.717, 1.165) is 19.4 Å². The Labute approximate surface area is 88.3 Å². The van der Waals surface area contributed by atoms with Crippen LogP contribution in [0, 0.1) is 11.3 Å². The van der Waals surface area contributed by atoms with Crippen molar-refractivity contribution in [1.82, 2.24) is 5.32 Å². The summed E-state index contributed by atoms with van der Waals surface area (Å²) >= 11 is 0. The Hall–Kier alpha value is -0.790. The first kappa shape index (κ1) is 11.3. The molecule has 0 atom stereocenters. The van der Waals surface area contributed by atoms with E-state index in [0.29, 0.717) is 12.3 Å². The Morgan fingerprint density at radius 1 is 1.57 bits per heavy atom. The molecule has 0 aliphatic heterocycles. The molecule has 1 saturated carbocycles. The highest BCUT2D eigenvalue weighted by molar-refractivity contribution is 5.76. The van der Waals surface area contributed by atoms with Crippen LogP contribution >= 0.6 is 0 Å². The summed E-state index contributed by atoms with van der Waals surface area (Å²) in [6.07, 6.45) is 2.80. The second-order valence-electron chi connectivity index (χ2n) is 5.57. The van der Waals surface area contributed by atoms with Gasteiger partial charge in [-0.05, 0) is 24.2 Å². The summed E-state index contributed by atoms with van der Waals surface area (Å²) in [5.74, 6) is 0.821. The molecule has 1 aliphatic carbocycles. The predicted octanol–water partition coefficient (Wildman–Crippen LogP) is 2.75. The van der Waals surface area contributed by atoms with Gasteiger partial charge in [-0.25, -0.2) is 0 Å². The van der Waals surface area contributed by atoms with Crippen molar-refractivity contribution in [3.63, 3.8) is 0 Å². The van der Waals surface area contributed by atoms with Crippen molar-refractivity contribution in [3.8, 4) is 0 Å². The van der Waals surface area contributed by atoms with Crippen molar-refractivity contribution in [2.75, 3.05) is 6.54 Å². The van der Waals surface area contributed by atoms with Gasteiger partial charge in [0.05, 0.1) is 0 Å². The van der Waals surface area contributed by atoms with Gasteiger partial charge in [0.1, 0.15) is 0 Å². The molecule has 0 saturated heterocycles. The number of carbonyl (C=O) groups excluding carboxylic acids is 1. The SMILES string of the molecule is C=C1CC(CNC(=O)CC(C)(C)C)C1.[HH]. The molecule has 2 nitrogen and oxygen atoms in total. The molecule has 0 spiro atoms. The third-order valence-corrected chi connectivity index (χ3v) is 2.43. The van der Waals surface area contributed by atoms with Crippen molar-refractivity contribution < 1.29 is 6.22 Å². The van der Waals surface area contributed by atoms with Gasteiger partial charge in [-0.2, -0.15) is 0 Å². The Kier molecular flexibility index (Phi) is 3.35. The molecule has 1 fully saturated rings. The lowest BCUT2D eigenvalue weighted by atomic mass is 9.81. The number of rotatable bonds is 3. The van der Waals surface area contributed by atoms with E-state index in [1.54, 1.807) is 0 Å². The quantitative estimate of drug-likeness (QED) is 0.692. The average molecular weight is 197 g/mol. The zero-order chi connectivity index (χ0) is 10.8. The molecule has 2 heteroatoms. The third kappa shape index (κ3) is 3.95. The van der Waals surface area contributed by atoms with Crippen LogP contribution in [0.25, 0.3) is 0 Å². The van der Waals surface area contributed by atoms with E-state index in [2.05, 4.69) is 32.7 Å². The van der Waals surface area contributed by atoms with Crippen LogP contribution in [-0.4, -0.2) is 12.5 Å². The molecule has 0 aromatic heterocycles. The van der Waals surface area contributed by atoms with Crippen LogP contribution in [0.5, 0.6) is 0 Å². The molecule has 0 unspecified atom stereocenters. The van der Waals surface area contributed by atoms with E-state index in [9.17, 15) is 4.79 Å².